The first-order valence-electron chi connectivity index (χ1n) is 2.98. The summed E-state index contributed by atoms with van der Waals surface area (Å²) in [6, 6.07) is 0. The molecule has 0 spiro atoms. The lowest BCUT2D eigenvalue weighted by Gasteiger charge is -2.04. The fraction of sp³-hybridized carbons (Fsp3) is 0.143. The first kappa shape index (κ1) is 10.2. The fourth-order valence-corrected chi connectivity index (χ4v) is 0.323. The summed E-state index contributed by atoms with van der Waals surface area (Å²) >= 11 is 0. The molecule has 0 aliphatic rings. The Morgan fingerprint density at radius 3 is 2.50 bits per heavy atom. The molecule has 0 saturated heterocycles. The Morgan fingerprint density at radius 1 is 1.50 bits per heavy atom. The van der Waals surface area contributed by atoms with Gasteiger partial charge in [-0.25, -0.2) is 9.59 Å². The number of carbonyl (C=O) groups is 2. The van der Waals surface area contributed by atoms with E-state index in [0.717, 1.165) is 6.08 Å². The first-order valence-corrected chi connectivity index (χ1v) is 2.98. The van der Waals surface area contributed by atoms with Crippen molar-refractivity contribution in [2.45, 2.75) is 0 Å². The lowest BCUT2D eigenvalue weighted by molar-refractivity contribution is -0.131. The number of hydrogen-bond acceptors (Lipinski definition) is 4. The summed E-state index contributed by atoms with van der Waals surface area (Å²) in [6.07, 6.45) is -0.0819. The van der Waals surface area contributed by atoms with Crippen LogP contribution in [0.4, 0.5) is 4.79 Å². The van der Waals surface area contributed by atoms with Gasteiger partial charge in [-0.1, -0.05) is 6.58 Å². The van der Waals surface area contributed by atoms with Gasteiger partial charge in [0.1, 0.15) is 0 Å². The molecule has 1 N–H and O–H groups in total. The molecule has 0 rings (SSSR count). The summed E-state index contributed by atoms with van der Waals surface area (Å²) in [6.45, 7) is 6.38. The Kier molecular flexibility index (Phi) is 4.21. The van der Waals surface area contributed by atoms with Crippen molar-refractivity contribution >= 4 is 12.1 Å². The van der Waals surface area contributed by atoms with Crippen molar-refractivity contribution in [3.05, 3.63) is 25.1 Å². The lowest BCUT2D eigenvalue weighted by atomic mass is 10.7. The Balaban J connectivity index is 3.82. The van der Waals surface area contributed by atoms with Crippen LogP contribution < -0.4 is 5.32 Å². The predicted molar refractivity (Wildman–Crippen MR) is 41.0 cm³/mol. The number of methoxy groups -OCH3 is 1. The van der Waals surface area contributed by atoms with E-state index >= 15 is 0 Å². The molecule has 66 valence electrons. The smallest absolute Gasteiger partial charge is 0.421 e. The standard InChI is InChI=1S/C7H9NO4/c1-4-6(9)12-7(10)8-5(2)11-3/h4H,1-2H2,3H3,(H,8,10). The maximum atomic E-state index is 10.6. The highest BCUT2D eigenvalue weighted by Gasteiger charge is 2.06. The van der Waals surface area contributed by atoms with Crippen molar-refractivity contribution in [2.24, 2.45) is 0 Å². The van der Waals surface area contributed by atoms with Gasteiger partial charge in [-0.05, 0) is 6.58 Å². The van der Waals surface area contributed by atoms with E-state index in [2.05, 4.69) is 22.6 Å². The molecule has 0 saturated carbocycles. The van der Waals surface area contributed by atoms with Crippen molar-refractivity contribution < 1.29 is 19.1 Å². The van der Waals surface area contributed by atoms with Crippen LogP contribution in [-0.2, 0) is 14.3 Å². The topological polar surface area (TPSA) is 64.6 Å². The van der Waals surface area contributed by atoms with Crippen LogP contribution in [0.3, 0.4) is 0 Å². The fourth-order valence-electron chi connectivity index (χ4n) is 0.323. The highest BCUT2D eigenvalue weighted by atomic mass is 16.6. The molecular weight excluding hydrogens is 162 g/mol. The van der Waals surface area contributed by atoms with Crippen LogP contribution in [0.25, 0.3) is 0 Å². The number of hydrogen-bond donors (Lipinski definition) is 1. The zero-order chi connectivity index (χ0) is 9.56. The predicted octanol–water partition coefficient (Wildman–Crippen LogP) is 0.543. The SMILES string of the molecule is C=CC(=O)OC(=O)NC(=C)OC. The second-order valence-electron chi connectivity index (χ2n) is 1.66. The summed E-state index contributed by atoms with van der Waals surface area (Å²) in [5.74, 6) is -0.840. The molecule has 0 aromatic carbocycles. The molecule has 5 heteroatoms. The van der Waals surface area contributed by atoms with Crippen LogP contribution in [0.15, 0.2) is 25.1 Å². The third kappa shape index (κ3) is 4.10. The number of carbonyl (C=O) groups excluding carboxylic acids is 2. The van der Waals surface area contributed by atoms with Gasteiger partial charge in [-0.2, -0.15) is 0 Å². The number of ether oxygens (including phenoxy) is 2. The van der Waals surface area contributed by atoms with Crippen LogP contribution >= 0.6 is 0 Å². The van der Waals surface area contributed by atoms with Crippen molar-refractivity contribution in [2.75, 3.05) is 7.11 Å². The van der Waals surface area contributed by atoms with Crippen molar-refractivity contribution in [1.82, 2.24) is 5.32 Å². The first-order chi connectivity index (χ1) is 5.60. The van der Waals surface area contributed by atoms with Gasteiger partial charge >= 0.3 is 12.1 Å². The average molecular weight is 171 g/mol. The molecule has 0 fully saturated rings. The third-order valence-corrected chi connectivity index (χ3v) is 0.848. The molecule has 12 heavy (non-hydrogen) atoms. The third-order valence-electron chi connectivity index (χ3n) is 0.848. The van der Waals surface area contributed by atoms with Crippen molar-refractivity contribution in [3.63, 3.8) is 0 Å². The Hall–Kier alpha value is -1.78. The van der Waals surface area contributed by atoms with Crippen LogP contribution in [-0.4, -0.2) is 19.2 Å². The Labute approximate surface area is 69.6 Å². The molecule has 0 heterocycles. The minimum atomic E-state index is -0.952. The minimum Gasteiger partial charge on any atom is -0.483 e. The minimum absolute atomic E-state index is 0.00291. The van der Waals surface area contributed by atoms with Crippen LogP contribution in [0.2, 0.25) is 0 Å². The average Bonchev–Trinajstić information content (AvgIpc) is 2.03. The maximum absolute atomic E-state index is 10.6. The van der Waals surface area contributed by atoms with Crippen molar-refractivity contribution in [3.8, 4) is 0 Å². The second kappa shape index (κ2) is 4.95. The number of amides is 1. The maximum Gasteiger partial charge on any atom is 0.421 e. The summed E-state index contributed by atoms with van der Waals surface area (Å²) in [5.41, 5.74) is 0. The number of rotatable bonds is 3. The van der Waals surface area contributed by atoms with Gasteiger partial charge in [0, 0.05) is 6.08 Å². The molecule has 1 amide bonds. The Bertz CT molecular complexity index is 221. The summed E-state index contributed by atoms with van der Waals surface area (Å²) in [4.78, 5) is 21.1. The second-order valence-corrected chi connectivity index (χ2v) is 1.66. The van der Waals surface area contributed by atoms with E-state index in [-0.39, 0.29) is 5.88 Å². The zero-order valence-corrected chi connectivity index (χ0v) is 6.62. The van der Waals surface area contributed by atoms with E-state index in [9.17, 15) is 9.59 Å². The molecule has 0 aliphatic heterocycles. The van der Waals surface area contributed by atoms with Gasteiger partial charge in [0.25, 0.3) is 0 Å². The van der Waals surface area contributed by atoms with Crippen LogP contribution in [0, 0.1) is 0 Å². The molecule has 0 bridgehead atoms. The van der Waals surface area contributed by atoms with E-state index in [1.807, 2.05) is 5.32 Å². The van der Waals surface area contributed by atoms with Crippen LogP contribution in [0.5, 0.6) is 0 Å². The van der Waals surface area contributed by atoms with E-state index < -0.39 is 12.1 Å². The van der Waals surface area contributed by atoms with Crippen LogP contribution in [0.1, 0.15) is 0 Å². The molecular formula is C7H9NO4. The van der Waals surface area contributed by atoms with Crippen molar-refractivity contribution in [1.29, 1.82) is 0 Å². The number of alkyl carbamates (subject to hydrolysis) is 1. The van der Waals surface area contributed by atoms with Gasteiger partial charge < -0.3 is 9.47 Å². The quantitative estimate of drug-likeness (QED) is 0.291. The monoisotopic (exact) mass is 171 g/mol. The van der Waals surface area contributed by atoms with Gasteiger partial charge in [-0.3, -0.25) is 5.32 Å². The van der Waals surface area contributed by atoms with Gasteiger partial charge in [0.15, 0.2) is 5.88 Å². The van der Waals surface area contributed by atoms with Gasteiger partial charge in [-0.15, -0.1) is 0 Å². The van der Waals surface area contributed by atoms with E-state index in [4.69, 9.17) is 0 Å². The normalized spacial score (nSPS) is 8.08. The van der Waals surface area contributed by atoms with Gasteiger partial charge in [0.2, 0.25) is 0 Å². The summed E-state index contributed by atoms with van der Waals surface area (Å²) < 4.78 is 8.62. The lowest BCUT2D eigenvalue weighted by Crippen LogP contribution is -2.25. The molecule has 0 atom stereocenters. The zero-order valence-electron chi connectivity index (χ0n) is 6.62. The molecule has 5 nitrogen and oxygen atoms in total. The molecule has 0 radical (unpaired) electrons. The highest BCUT2D eigenvalue weighted by Crippen LogP contribution is 1.87. The number of nitrogens with one attached hydrogen (secondary N) is 1. The molecule has 0 aliphatic carbocycles. The van der Waals surface area contributed by atoms with E-state index in [1.165, 1.54) is 7.11 Å². The largest absolute Gasteiger partial charge is 0.483 e. The van der Waals surface area contributed by atoms with E-state index in [1.54, 1.807) is 0 Å². The highest BCUT2D eigenvalue weighted by molar-refractivity contribution is 5.91. The summed E-state index contributed by atoms with van der Waals surface area (Å²) in [7, 11) is 1.32. The van der Waals surface area contributed by atoms with Gasteiger partial charge in [0.05, 0.1) is 7.11 Å². The Morgan fingerprint density at radius 2 is 2.08 bits per heavy atom. The molecule has 0 aromatic rings. The summed E-state index contributed by atoms with van der Waals surface area (Å²) in [5, 5.41) is 2.05. The molecule has 0 aromatic heterocycles. The van der Waals surface area contributed by atoms with E-state index in [0.29, 0.717) is 0 Å². The number of esters is 1. The molecule has 0 unspecified atom stereocenters.